The number of thioether (sulfide) groups is 1. The minimum atomic E-state index is 0.194. The molecule has 0 amide bonds. The Hall–Kier alpha value is -0.470. The molecule has 1 aromatic rings. The van der Waals surface area contributed by atoms with Gasteiger partial charge < -0.3 is 5.73 Å². The number of rotatable bonds is 3. The lowest BCUT2D eigenvalue weighted by Gasteiger charge is -2.09. The summed E-state index contributed by atoms with van der Waals surface area (Å²) in [5.41, 5.74) is 9.32. The van der Waals surface area contributed by atoms with Gasteiger partial charge in [-0.15, -0.1) is 11.8 Å². The van der Waals surface area contributed by atoms with Gasteiger partial charge in [0.1, 0.15) is 0 Å². The molecule has 3 rings (SSSR count). The van der Waals surface area contributed by atoms with Gasteiger partial charge in [0.05, 0.1) is 0 Å². The molecule has 0 aromatic heterocycles. The van der Waals surface area contributed by atoms with E-state index in [0.29, 0.717) is 0 Å². The van der Waals surface area contributed by atoms with Crippen molar-refractivity contribution in [3.63, 3.8) is 0 Å². The highest BCUT2D eigenvalue weighted by atomic mass is 32.2. The van der Waals surface area contributed by atoms with Crippen LogP contribution in [0.25, 0.3) is 0 Å². The first-order chi connectivity index (χ1) is 7.65. The molecular formula is C14H19NS. The summed E-state index contributed by atoms with van der Waals surface area (Å²) in [6, 6.07) is 7.00. The van der Waals surface area contributed by atoms with Gasteiger partial charge in [-0.2, -0.15) is 0 Å². The Labute approximate surface area is 102 Å². The monoisotopic (exact) mass is 233 g/mol. The molecule has 1 fully saturated rings. The molecule has 86 valence electrons. The molecule has 2 aliphatic rings. The van der Waals surface area contributed by atoms with E-state index < -0.39 is 0 Å². The summed E-state index contributed by atoms with van der Waals surface area (Å²) in [4.78, 5) is 1.51. The molecule has 1 saturated carbocycles. The Morgan fingerprint density at radius 1 is 1.44 bits per heavy atom. The Morgan fingerprint density at radius 2 is 2.25 bits per heavy atom. The summed E-state index contributed by atoms with van der Waals surface area (Å²) in [5.74, 6) is 0. The van der Waals surface area contributed by atoms with Crippen molar-refractivity contribution in [2.24, 2.45) is 5.73 Å². The molecule has 1 unspecified atom stereocenters. The molecule has 0 bridgehead atoms. The zero-order valence-electron chi connectivity index (χ0n) is 9.83. The van der Waals surface area contributed by atoms with Crippen LogP contribution in [0, 0.1) is 0 Å². The Morgan fingerprint density at radius 3 is 3.00 bits per heavy atom. The van der Waals surface area contributed by atoms with Crippen LogP contribution in [0.3, 0.4) is 0 Å². The van der Waals surface area contributed by atoms with Gasteiger partial charge in [-0.25, -0.2) is 0 Å². The van der Waals surface area contributed by atoms with Crippen molar-refractivity contribution in [1.82, 2.24) is 0 Å². The van der Waals surface area contributed by atoms with Crippen LogP contribution in [0.5, 0.6) is 0 Å². The minimum Gasteiger partial charge on any atom is -0.325 e. The highest BCUT2D eigenvalue weighted by Gasteiger charge is 2.37. The highest BCUT2D eigenvalue weighted by molar-refractivity contribution is 8.00. The first kappa shape index (κ1) is 10.7. The molecule has 0 spiro atoms. The van der Waals surface area contributed by atoms with E-state index in [-0.39, 0.29) is 5.54 Å². The normalized spacial score (nSPS) is 25.5. The predicted molar refractivity (Wildman–Crippen MR) is 69.9 cm³/mol. The van der Waals surface area contributed by atoms with Crippen LogP contribution >= 0.6 is 11.8 Å². The lowest BCUT2D eigenvalue weighted by molar-refractivity contribution is 0.609. The van der Waals surface area contributed by atoms with Crippen molar-refractivity contribution in [2.75, 3.05) is 0 Å². The van der Waals surface area contributed by atoms with Gasteiger partial charge in [0.25, 0.3) is 0 Å². The van der Waals surface area contributed by atoms with Crippen LogP contribution in [0.2, 0.25) is 0 Å². The summed E-state index contributed by atoms with van der Waals surface area (Å²) in [7, 11) is 0. The molecule has 1 aliphatic heterocycles. The average Bonchev–Trinajstić information content (AvgIpc) is 2.87. The molecule has 1 aromatic carbocycles. The number of aryl methyl sites for hydroxylation is 1. The van der Waals surface area contributed by atoms with E-state index in [0.717, 1.165) is 18.1 Å². The Bertz CT molecular complexity index is 409. The van der Waals surface area contributed by atoms with Gasteiger partial charge in [0.15, 0.2) is 0 Å². The molecule has 2 heteroatoms. The van der Waals surface area contributed by atoms with Crippen molar-refractivity contribution in [2.45, 2.75) is 54.7 Å². The average molecular weight is 233 g/mol. The van der Waals surface area contributed by atoms with Crippen molar-refractivity contribution in [3.05, 3.63) is 29.3 Å². The maximum atomic E-state index is 6.12. The largest absolute Gasteiger partial charge is 0.325 e. The third-order valence-electron chi connectivity index (χ3n) is 3.77. The summed E-state index contributed by atoms with van der Waals surface area (Å²) in [6.07, 6.45) is 6.00. The Balaban J connectivity index is 1.70. The molecule has 16 heavy (non-hydrogen) atoms. The van der Waals surface area contributed by atoms with Gasteiger partial charge in [-0.3, -0.25) is 0 Å². The third-order valence-corrected chi connectivity index (χ3v) is 4.97. The van der Waals surface area contributed by atoms with Gasteiger partial charge >= 0.3 is 0 Å². The fraction of sp³-hybridized carbons (Fsp3) is 0.571. The summed E-state index contributed by atoms with van der Waals surface area (Å²) in [6.45, 7) is 2.31. The van der Waals surface area contributed by atoms with Crippen molar-refractivity contribution < 1.29 is 0 Å². The SMILES string of the molecule is CC1Cc2ccc(CCC3(N)CC3)cc2S1. The van der Waals surface area contributed by atoms with Gasteiger partial charge in [-0.05, 0) is 49.3 Å². The zero-order chi connectivity index (χ0) is 11.2. The standard InChI is InChI=1S/C14H19NS/c1-10-8-12-3-2-11(9-13(12)16-10)4-5-14(15)6-7-14/h2-3,9-10H,4-8,15H2,1H3. The van der Waals surface area contributed by atoms with Gasteiger partial charge in [0, 0.05) is 15.7 Å². The molecule has 1 heterocycles. The molecule has 2 N–H and O–H groups in total. The Kier molecular flexibility index (Phi) is 2.52. The molecule has 0 saturated heterocycles. The summed E-state index contributed by atoms with van der Waals surface area (Å²) >= 11 is 2.02. The number of hydrogen-bond donors (Lipinski definition) is 1. The van der Waals surface area contributed by atoms with E-state index in [4.69, 9.17) is 5.73 Å². The highest BCUT2D eigenvalue weighted by Crippen LogP contribution is 2.39. The molecule has 1 aliphatic carbocycles. The van der Waals surface area contributed by atoms with Gasteiger partial charge in [0.2, 0.25) is 0 Å². The third kappa shape index (κ3) is 2.14. The zero-order valence-corrected chi connectivity index (χ0v) is 10.6. The lowest BCUT2D eigenvalue weighted by Crippen LogP contribution is -2.22. The number of benzene rings is 1. The second-order valence-electron chi connectivity index (χ2n) is 5.44. The van der Waals surface area contributed by atoms with Crippen molar-refractivity contribution in [1.29, 1.82) is 0 Å². The fourth-order valence-electron chi connectivity index (χ4n) is 2.40. The fourth-order valence-corrected chi connectivity index (χ4v) is 3.62. The van der Waals surface area contributed by atoms with Crippen LogP contribution in [-0.4, -0.2) is 10.8 Å². The smallest absolute Gasteiger partial charge is 0.0158 e. The first-order valence-corrected chi connectivity index (χ1v) is 7.10. The van der Waals surface area contributed by atoms with E-state index in [2.05, 4.69) is 25.1 Å². The van der Waals surface area contributed by atoms with E-state index in [1.807, 2.05) is 11.8 Å². The number of fused-ring (bicyclic) bond motifs is 1. The summed E-state index contributed by atoms with van der Waals surface area (Å²) in [5, 5.41) is 0.759. The van der Waals surface area contributed by atoms with Crippen molar-refractivity contribution >= 4 is 11.8 Å². The topological polar surface area (TPSA) is 26.0 Å². The second-order valence-corrected chi connectivity index (χ2v) is 6.92. The van der Waals surface area contributed by atoms with Crippen LogP contribution in [-0.2, 0) is 12.8 Å². The first-order valence-electron chi connectivity index (χ1n) is 6.22. The van der Waals surface area contributed by atoms with Crippen LogP contribution < -0.4 is 5.73 Å². The quantitative estimate of drug-likeness (QED) is 0.868. The summed E-state index contributed by atoms with van der Waals surface area (Å²) < 4.78 is 0. The van der Waals surface area contributed by atoms with E-state index in [1.54, 1.807) is 0 Å². The van der Waals surface area contributed by atoms with E-state index in [1.165, 1.54) is 35.3 Å². The predicted octanol–water partition coefficient (Wildman–Crippen LogP) is 3.15. The van der Waals surface area contributed by atoms with Gasteiger partial charge in [-0.1, -0.05) is 19.1 Å². The maximum absolute atomic E-state index is 6.12. The van der Waals surface area contributed by atoms with Crippen molar-refractivity contribution in [3.8, 4) is 0 Å². The van der Waals surface area contributed by atoms with Crippen LogP contribution in [0.1, 0.15) is 37.3 Å². The van der Waals surface area contributed by atoms with E-state index >= 15 is 0 Å². The van der Waals surface area contributed by atoms with Crippen LogP contribution in [0.15, 0.2) is 23.1 Å². The molecule has 1 atom stereocenters. The van der Waals surface area contributed by atoms with E-state index in [9.17, 15) is 0 Å². The maximum Gasteiger partial charge on any atom is 0.0158 e. The number of nitrogens with two attached hydrogens (primary N) is 1. The lowest BCUT2D eigenvalue weighted by atomic mass is 10.0. The molecule has 1 nitrogen and oxygen atoms in total. The second kappa shape index (κ2) is 3.78. The molecular weight excluding hydrogens is 214 g/mol. The molecule has 0 radical (unpaired) electrons. The number of hydrogen-bond acceptors (Lipinski definition) is 2. The minimum absolute atomic E-state index is 0.194. The van der Waals surface area contributed by atoms with Crippen LogP contribution in [0.4, 0.5) is 0 Å².